The van der Waals surface area contributed by atoms with Crippen LogP contribution in [0.25, 0.3) is 0 Å². The molecule has 0 aliphatic heterocycles. The summed E-state index contributed by atoms with van der Waals surface area (Å²) in [7, 11) is 0. The van der Waals surface area contributed by atoms with Crippen molar-refractivity contribution in [1.82, 2.24) is 4.98 Å². The topological polar surface area (TPSA) is 53.2 Å². The zero-order chi connectivity index (χ0) is 16.9. The lowest BCUT2D eigenvalue weighted by Crippen LogP contribution is -2.30. The Morgan fingerprint density at radius 3 is 2.00 bits per heavy atom. The molecule has 3 rings (SSSR count). The van der Waals surface area contributed by atoms with Gasteiger partial charge in [0.1, 0.15) is 5.69 Å². The number of Topliss-reactive ketones (excluding diaryl/α,β-unsaturated/α-hetero) is 1. The molecule has 1 N–H and O–H groups in total. The minimum atomic E-state index is -0.169. The van der Waals surface area contributed by atoms with Crippen LogP contribution in [0.15, 0.2) is 72.8 Å². The molecule has 2 aromatic carbocycles. The first-order valence-corrected chi connectivity index (χ1v) is 7.76. The first-order valence-electron chi connectivity index (χ1n) is 7.76. The fourth-order valence-corrected chi connectivity index (χ4v) is 2.52. The minimum Gasteiger partial charge on any atom is -0.348 e. The molecule has 0 unspecified atom stereocenters. The Balaban J connectivity index is 1.94. The number of nitrogens with zero attached hydrogens (tertiary/aromatic N) is 1. The third-order valence-corrected chi connectivity index (χ3v) is 3.79. The molecule has 3 aromatic rings. The van der Waals surface area contributed by atoms with E-state index >= 15 is 0 Å². The van der Waals surface area contributed by atoms with Crippen LogP contribution in [0, 0.1) is 0 Å². The molecule has 24 heavy (non-hydrogen) atoms. The summed E-state index contributed by atoms with van der Waals surface area (Å²) in [6.45, 7) is 1.93. The van der Waals surface area contributed by atoms with Crippen LogP contribution in [0.2, 0.25) is 0 Å². The molecular formula is C20H18N2O2. The van der Waals surface area contributed by atoms with Crippen LogP contribution in [0.1, 0.15) is 33.5 Å². The van der Waals surface area contributed by atoms with E-state index in [0.29, 0.717) is 17.9 Å². The normalized spacial score (nSPS) is 10.4. The van der Waals surface area contributed by atoms with E-state index in [2.05, 4.69) is 4.98 Å². The molecule has 1 amide bonds. The molecule has 4 nitrogen and oxygen atoms in total. The molecule has 0 spiro atoms. The quantitative estimate of drug-likeness (QED) is 0.721. The van der Waals surface area contributed by atoms with Crippen molar-refractivity contribution in [3.8, 4) is 0 Å². The number of ketones is 1. The summed E-state index contributed by atoms with van der Waals surface area (Å²) >= 11 is 0. The highest BCUT2D eigenvalue weighted by atomic mass is 16.2. The molecule has 0 fully saturated rings. The van der Waals surface area contributed by atoms with Gasteiger partial charge in [-0.3, -0.25) is 9.59 Å². The number of nitrogens with one attached hydrogen (secondary N) is 1. The van der Waals surface area contributed by atoms with Gasteiger partial charge in [-0.15, -0.1) is 0 Å². The van der Waals surface area contributed by atoms with E-state index in [4.69, 9.17) is 0 Å². The number of rotatable bonds is 5. The third kappa shape index (κ3) is 3.43. The molecule has 0 saturated carbocycles. The summed E-state index contributed by atoms with van der Waals surface area (Å²) in [5, 5.41) is 0. The van der Waals surface area contributed by atoms with Crippen LogP contribution in [0.5, 0.6) is 0 Å². The maximum absolute atomic E-state index is 13.0. The Labute approximate surface area is 140 Å². The number of para-hydroxylation sites is 1. The molecule has 4 heteroatoms. The Morgan fingerprint density at radius 1 is 0.833 bits per heavy atom. The number of carbonyl (C=O) groups is 2. The molecular weight excluding hydrogens is 300 g/mol. The summed E-state index contributed by atoms with van der Waals surface area (Å²) in [5.41, 5.74) is 2.68. The third-order valence-electron chi connectivity index (χ3n) is 3.79. The van der Waals surface area contributed by atoms with E-state index in [1.165, 1.54) is 6.92 Å². The van der Waals surface area contributed by atoms with E-state index in [9.17, 15) is 9.59 Å². The number of benzene rings is 2. The van der Waals surface area contributed by atoms with Gasteiger partial charge in [0.25, 0.3) is 5.91 Å². The largest absolute Gasteiger partial charge is 0.348 e. The standard InChI is InChI=1S/C20H18N2O2/c1-15(23)18-12-13-19(21-18)20(24)22(17-10-6-3-7-11-17)14-16-8-4-2-5-9-16/h2-13,21H,14H2,1H3. The number of H-pyrrole nitrogens is 1. The molecule has 120 valence electrons. The van der Waals surface area contributed by atoms with Crippen molar-refractivity contribution in [2.45, 2.75) is 13.5 Å². The van der Waals surface area contributed by atoms with Crippen molar-refractivity contribution in [2.75, 3.05) is 4.90 Å². The summed E-state index contributed by atoms with van der Waals surface area (Å²) in [6, 6.07) is 22.6. The highest BCUT2D eigenvalue weighted by Crippen LogP contribution is 2.20. The predicted octanol–water partition coefficient (Wildman–Crippen LogP) is 4.06. The molecule has 0 aliphatic rings. The second-order valence-electron chi connectivity index (χ2n) is 5.55. The number of hydrogen-bond donors (Lipinski definition) is 1. The SMILES string of the molecule is CC(=O)c1ccc(C(=O)N(Cc2ccccc2)c2ccccc2)[nH]1. The number of amides is 1. The predicted molar refractivity (Wildman–Crippen MR) is 94.2 cm³/mol. The van der Waals surface area contributed by atoms with Crippen molar-refractivity contribution in [3.63, 3.8) is 0 Å². The highest BCUT2D eigenvalue weighted by Gasteiger charge is 2.20. The Hall–Kier alpha value is -3.14. The maximum Gasteiger partial charge on any atom is 0.275 e. The van der Waals surface area contributed by atoms with Crippen LogP contribution in [0.4, 0.5) is 5.69 Å². The average Bonchev–Trinajstić information content (AvgIpc) is 3.11. The van der Waals surface area contributed by atoms with Gasteiger partial charge in [0.15, 0.2) is 5.78 Å². The summed E-state index contributed by atoms with van der Waals surface area (Å²) in [6.07, 6.45) is 0. The van der Waals surface area contributed by atoms with Crippen LogP contribution in [-0.2, 0) is 6.54 Å². The van der Waals surface area contributed by atoms with E-state index in [-0.39, 0.29) is 11.7 Å². The molecule has 0 saturated heterocycles. The van der Waals surface area contributed by atoms with Gasteiger partial charge in [0, 0.05) is 12.6 Å². The lowest BCUT2D eigenvalue weighted by atomic mass is 10.2. The van der Waals surface area contributed by atoms with Gasteiger partial charge < -0.3 is 9.88 Å². The average molecular weight is 318 g/mol. The maximum atomic E-state index is 13.0. The smallest absolute Gasteiger partial charge is 0.275 e. The zero-order valence-electron chi connectivity index (χ0n) is 13.4. The van der Waals surface area contributed by atoms with Crippen molar-refractivity contribution >= 4 is 17.4 Å². The Bertz CT molecular complexity index is 838. The van der Waals surface area contributed by atoms with Crippen LogP contribution < -0.4 is 4.90 Å². The molecule has 1 heterocycles. The van der Waals surface area contributed by atoms with E-state index in [0.717, 1.165) is 11.3 Å². The molecule has 1 aromatic heterocycles. The van der Waals surface area contributed by atoms with Crippen molar-refractivity contribution in [1.29, 1.82) is 0 Å². The lowest BCUT2D eigenvalue weighted by Gasteiger charge is -2.22. The van der Waals surface area contributed by atoms with Crippen molar-refractivity contribution in [3.05, 3.63) is 89.7 Å². The molecule has 0 atom stereocenters. The second kappa shape index (κ2) is 6.96. The van der Waals surface area contributed by atoms with Gasteiger partial charge in [0.2, 0.25) is 0 Å². The Kier molecular flexibility index (Phi) is 4.57. The number of carbonyl (C=O) groups excluding carboxylic acids is 2. The van der Waals surface area contributed by atoms with Gasteiger partial charge in [0.05, 0.1) is 12.2 Å². The number of anilines is 1. The summed E-state index contributed by atoms with van der Waals surface area (Å²) in [5.74, 6) is -0.263. The number of aromatic amines is 1. The van der Waals surface area contributed by atoms with Crippen LogP contribution >= 0.6 is 0 Å². The second-order valence-corrected chi connectivity index (χ2v) is 5.55. The molecule has 0 aliphatic carbocycles. The first kappa shape index (κ1) is 15.7. The monoisotopic (exact) mass is 318 g/mol. The van der Waals surface area contributed by atoms with Gasteiger partial charge in [-0.25, -0.2) is 0 Å². The van der Waals surface area contributed by atoms with Crippen LogP contribution in [0.3, 0.4) is 0 Å². The van der Waals surface area contributed by atoms with Gasteiger partial charge in [-0.2, -0.15) is 0 Å². The number of hydrogen-bond acceptors (Lipinski definition) is 2. The van der Waals surface area contributed by atoms with Crippen molar-refractivity contribution in [2.24, 2.45) is 0 Å². The highest BCUT2D eigenvalue weighted by molar-refractivity contribution is 6.06. The first-order chi connectivity index (χ1) is 11.6. The molecule has 0 bridgehead atoms. The van der Waals surface area contributed by atoms with E-state index in [1.54, 1.807) is 17.0 Å². The minimum absolute atomic E-state index is 0.0941. The van der Waals surface area contributed by atoms with Gasteiger partial charge in [-0.1, -0.05) is 48.5 Å². The van der Waals surface area contributed by atoms with Gasteiger partial charge in [-0.05, 0) is 29.8 Å². The zero-order valence-corrected chi connectivity index (χ0v) is 13.4. The van der Waals surface area contributed by atoms with E-state index < -0.39 is 0 Å². The van der Waals surface area contributed by atoms with Crippen LogP contribution in [-0.4, -0.2) is 16.7 Å². The summed E-state index contributed by atoms with van der Waals surface area (Å²) in [4.78, 5) is 29.0. The lowest BCUT2D eigenvalue weighted by molar-refractivity contribution is 0.0981. The Morgan fingerprint density at radius 2 is 1.42 bits per heavy atom. The number of aromatic nitrogens is 1. The molecule has 0 radical (unpaired) electrons. The fourth-order valence-electron chi connectivity index (χ4n) is 2.52. The van der Waals surface area contributed by atoms with Gasteiger partial charge >= 0.3 is 0 Å². The summed E-state index contributed by atoms with van der Waals surface area (Å²) < 4.78 is 0. The van der Waals surface area contributed by atoms with E-state index in [1.807, 2.05) is 60.7 Å². The fraction of sp³-hybridized carbons (Fsp3) is 0.100. The van der Waals surface area contributed by atoms with Crippen molar-refractivity contribution < 1.29 is 9.59 Å².